The lowest BCUT2D eigenvalue weighted by atomic mass is 10.4. The van der Waals surface area contributed by atoms with Crippen molar-refractivity contribution in [1.29, 1.82) is 0 Å². The van der Waals surface area contributed by atoms with Crippen molar-refractivity contribution in [3.8, 4) is 0 Å². The Bertz CT molecular complexity index is 70.0. The van der Waals surface area contributed by atoms with E-state index in [-0.39, 0.29) is 11.5 Å². The Hall–Kier alpha value is 0.270. The zero-order valence-corrected chi connectivity index (χ0v) is 7.73. The quantitative estimate of drug-likeness (QED) is 0.492. The maximum absolute atomic E-state index is 5.25. The Balaban J connectivity index is 3.50. The normalized spacial score (nSPS) is 14.1. The van der Waals surface area contributed by atoms with Crippen LogP contribution in [0.25, 0.3) is 0 Å². The summed E-state index contributed by atoms with van der Waals surface area (Å²) < 4.78 is 10.5. The van der Waals surface area contributed by atoms with Crippen LogP contribution in [0.1, 0.15) is 20.8 Å². The number of ether oxygens (including phenoxy) is 2. The lowest BCUT2D eigenvalue weighted by Crippen LogP contribution is -2.25. The van der Waals surface area contributed by atoms with E-state index in [2.05, 4.69) is 12.6 Å². The minimum Gasteiger partial charge on any atom is -0.352 e. The summed E-state index contributed by atoms with van der Waals surface area (Å²) in [5.74, 6) is 0. The summed E-state index contributed by atoms with van der Waals surface area (Å²) in [6.07, 6.45) is -0.154. The summed E-state index contributed by atoms with van der Waals surface area (Å²) in [5, 5.41) is 0.139. The second-order valence-electron chi connectivity index (χ2n) is 2.02. The van der Waals surface area contributed by atoms with Crippen molar-refractivity contribution >= 4 is 12.6 Å². The van der Waals surface area contributed by atoms with E-state index in [4.69, 9.17) is 9.47 Å². The molecule has 0 fully saturated rings. The molecule has 0 spiro atoms. The van der Waals surface area contributed by atoms with Gasteiger partial charge in [-0.25, -0.2) is 0 Å². The lowest BCUT2D eigenvalue weighted by molar-refractivity contribution is -0.132. The first-order valence-corrected chi connectivity index (χ1v) is 4.15. The maximum atomic E-state index is 5.25. The van der Waals surface area contributed by atoms with E-state index in [0.29, 0.717) is 13.2 Å². The minimum atomic E-state index is -0.154. The fraction of sp³-hybridized carbons (Fsp3) is 1.00. The largest absolute Gasteiger partial charge is 0.352 e. The van der Waals surface area contributed by atoms with Gasteiger partial charge < -0.3 is 9.47 Å². The average molecular weight is 164 g/mol. The first-order valence-electron chi connectivity index (χ1n) is 3.63. The Kier molecular flexibility index (Phi) is 6.17. The third-order valence-electron chi connectivity index (χ3n) is 1.06. The van der Waals surface area contributed by atoms with Gasteiger partial charge in [-0.05, 0) is 20.8 Å². The van der Waals surface area contributed by atoms with Crippen LogP contribution in [0.3, 0.4) is 0 Å². The molecule has 0 aromatic rings. The van der Waals surface area contributed by atoms with E-state index in [9.17, 15) is 0 Å². The van der Waals surface area contributed by atoms with Crippen molar-refractivity contribution in [3.63, 3.8) is 0 Å². The SMILES string of the molecule is CCOC(OCC)C(C)S. The molecule has 0 aromatic carbocycles. The molecule has 1 atom stereocenters. The molecular formula is C7H16O2S. The molecule has 10 heavy (non-hydrogen) atoms. The zero-order valence-electron chi connectivity index (χ0n) is 6.83. The van der Waals surface area contributed by atoms with Crippen LogP contribution >= 0.6 is 12.6 Å². The topological polar surface area (TPSA) is 18.5 Å². The molecule has 3 heteroatoms. The van der Waals surface area contributed by atoms with Crippen LogP contribution in [0, 0.1) is 0 Å². The Morgan fingerprint density at radius 3 is 1.80 bits per heavy atom. The highest BCUT2D eigenvalue weighted by atomic mass is 32.1. The molecule has 1 unspecified atom stereocenters. The standard InChI is InChI=1S/C7H16O2S/c1-4-8-7(6(3)10)9-5-2/h6-7,10H,4-5H2,1-3H3. The van der Waals surface area contributed by atoms with Gasteiger partial charge in [0.2, 0.25) is 0 Å². The summed E-state index contributed by atoms with van der Waals surface area (Å²) in [6, 6.07) is 0. The highest BCUT2D eigenvalue weighted by molar-refractivity contribution is 7.81. The van der Waals surface area contributed by atoms with E-state index < -0.39 is 0 Å². The van der Waals surface area contributed by atoms with Gasteiger partial charge in [0, 0.05) is 18.5 Å². The van der Waals surface area contributed by atoms with Crippen molar-refractivity contribution in [1.82, 2.24) is 0 Å². The highest BCUT2D eigenvalue weighted by Crippen LogP contribution is 2.06. The first kappa shape index (κ1) is 10.3. The molecule has 0 saturated heterocycles. The van der Waals surface area contributed by atoms with Gasteiger partial charge >= 0.3 is 0 Å². The van der Waals surface area contributed by atoms with Crippen molar-refractivity contribution in [2.45, 2.75) is 32.3 Å². The number of thiol groups is 1. The highest BCUT2D eigenvalue weighted by Gasteiger charge is 2.12. The van der Waals surface area contributed by atoms with E-state index >= 15 is 0 Å². The van der Waals surface area contributed by atoms with Crippen LogP contribution in [0.15, 0.2) is 0 Å². The number of hydrogen-bond acceptors (Lipinski definition) is 3. The molecule has 0 N–H and O–H groups in total. The molecule has 0 amide bonds. The van der Waals surface area contributed by atoms with Gasteiger partial charge in [0.25, 0.3) is 0 Å². The van der Waals surface area contributed by atoms with Crippen LogP contribution in [-0.2, 0) is 9.47 Å². The second kappa shape index (κ2) is 6.01. The van der Waals surface area contributed by atoms with Gasteiger partial charge in [0.05, 0.1) is 0 Å². The van der Waals surface area contributed by atoms with Crippen molar-refractivity contribution < 1.29 is 9.47 Å². The third-order valence-corrected chi connectivity index (χ3v) is 1.30. The molecule has 0 radical (unpaired) electrons. The molecule has 0 aliphatic heterocycles. The van der Waals surface area contributed by atoms with Crippen molar-refractivity contribution in [3.05, 3.63) is 0 Å². The smallest absolute Gasteiger partial charge is 0.168 e. The molecule has 0 rings (SSSR count). The summed E-state index contributed by atoms with van der Waals surface area (Å²) in [5.41, 5.74) is 0. The average Bonchev–Trinajstić information content (AvgIpc) is 1.87. The van der Waals surface area contributed by atoms with Gasteiger partial charge in [-0.15, -0.1) is 0 Å². The maximum Gasteiger partial charge on any atom is 0.168 e. The Morgan fingerprint density at radius 2 is 1.60 bits per heavy atom. The van der Waals surface area contributed by atoms with E-state index in [1.807, 2.05) is 20.8 Å². The molecule has 0 heterocycles. The summed E-state index contributed by atoms with van der Waals surface area (Å²) in [6.45, 7) is 7.20. The summed E-state index contributed by atoms with van der Waals surface area (Å²) in [4.78, 5) is 0. The minimum absolute atomic E-state index is 0.139. The summed E-state index contributed by atoms with van der Waals surface area (Å²) >= 11 is 4.21. The summed E-state index contributed by atoms with van der Waals surface area (Å²) in [7, 11) is 0. The van der Waals surface area contributed by atoms with Gasteiger partial charge in [-0.3, -0.25) is 0 Å². The second-order valence-corrected chi connectivity index (χ2v) is 2.83. The molecule has 0 bridgehead atoms. The lowest BCUT2D eigenvalue weighted by Gasteiger charge is -2.19. The predicted octanol–water partition coefficient (Wildman–Crippen LogP) is 1.70. The molecule has 0 saturated carbocycles. The third kappa shape index (κ3) is 4.14. The zero-order chi connectivity index (χ0) is 7.98. The molecule has 0 aromatic heterocycles. The van der Waals surface area contributed by atoms with E-state index in [1.54, 1.807) is 0 Å². The molecule has 62 valence electrons. The van der Waals surface area contributed by atoms with E-state index in [0.717, 1.165) is 0 Å². The first-order chi connectivity index (χ1) is 4.72. The monoisotopic (exact) mass is 164 g/mol. The number of hydrogen-bond donors (Lipinski definition) is 1. The van der Waals surface area contributed by atoms with Crippen LogP contribution in [-0.4, -0.2) is 24.8 Å². The fourth-order valence-corrected chi connectivity index (χ4v) is 0.827. The van der Waals surface area contributed by atoms with Gasteiger partial charge in [0.1, 0.15) is 0 Å². The molecular weight excluding hydrogens is 148 g/mol. The van der Waals surface area contributed by atoms with Crippen LogP contribution < -0.4 is 0 Å². The number of rotatable bonds is 5. The fourth-order valence-electron chi connectivity index (χ4n) is 0.655. The van der Waals surface area contributed by atoms with E-state index in [1.165, 1.54) is 0 Å². The molecule has 2 nitrogen and oxygen atoms in total. The Morgan fingerprint density at radius 1 is 1.20 bits per heavy atom. The van der Waals surface area contributed by atoms with Gasteiger partial charge in [-0.2, -0.15) is 12.6 Å². The van der Waals surface area contributed by atoms with Crippen molar-refractivity contribution in [2.24, 2.45) is 0 Å². The molecule has 0 aliphatic carbocycles. The van der Waals surface area contributed by atoms with Crippen LogP contribution in [0.4, 0.5) is 0 Å². The molecule has 0 aliphatic rings. The Labute approximate surface area is 68.3 Å². The van der Waals surface area contributed by atoms with Gasteiger partial charge in [-0.1, -0.05) is 0 Å². The van der Waals surface area contributed by atoms with Crippen LogP contribution in [0.2, 0.25) is 0 Å². The van der Waals surface area contributed by atoms with Crippen molar-refractivity contribution in [2.75, 3.05) is 13.2 Å². The van der Waals surface area contributed by atoms with Gasteiger partial charge in [0.15, 0.2) is 6.29 Å². The van der Waals surface area contributed by atoms with Crippen LogP contribution in [0.5, 0.6) is 0 Å². The predicted molar refractivity (Wildman–Crippen MR) is 45.5 cm³/mol.